The van der Waals surface area contributed by atoms with E-state index in [9.17, 15) is 5.26 Å². The highest BCUT2D eigenvalue weighted by Crippen LogP contribution is 2.35. The number of nitrogens with zero attached hydrogens (tertiary/aromatic N) is 3. The summed E-state index contributed by atoms with van der Waals surface area (Å²) in [5.41, 5.74) is 11.5. The molecule has 0 saturated carbocycles. The Hall–Kier alpha value is -1.74. The van der Waals surface area contributed by atoms with Gasteiger partial charge in [0.25, 0.3) is 0 Å². The van der Waals surface area contributed by atoms with Crippen molar-refractivity contribution in [2.45, 2.75) is 18.4 Å². The second-order valence-corrected chi connectivity index (χ2v) is 4.36. The predicted molar refractivity (Wildman–Crippen MR) is 61.0 cm³/mol. The van der Waals surface area contributed by atoms with Gasteiger partial charge in [-0.2, -0.15) is 5.26 Å². The summed E-state index contributed by atoms with van der Waals surface area (Å²) in [5, 5.41) is 11.9. The van der Waals surface area contributed by atoms with Crippen LogP contribution in [0, 0.1) is 11.3 Å². The zero-order valence-corrected chi connectivity index (χ0v) is 9.32. The number of aliphatic imine (C=N–C) groups is 1. The van der Waals surface area contributed by atoms with Crippen LogP contribution in [0.4, 0.5) is 0 Å². The highest BCUT2D eigenvalue weighted by atomic mass is 15.2. The molecule has 2 rings (SSSR count). The Labute approximate surface area is 94.6 Å². The number of guanidine groups is 1. The lowest BCUT2D eigenvalue weighted by atomic mass is 9.81. The number of likely N-dealkylation sites (tertiary alicyclic amines) is 1. The maximum Gasteiger partial charge on any atom is 0.195 e. The van der Waals surface area contributed by atoms with E-state index in [-0.39, 0.29) is 0 Å². The first-order valence-corrected chi connectivity index (χ1v) is 5.28. The van der Waals surface area contributed by atoms with Crippen LogP contribution in [0.3, 0.4) is 0 Å². The minimum atomic E-state index is -0.499. The molecular weight excluding hydrogens is 204 g/mol. The average Bonchev–Trinajstić information content (AvgIpc) is 2.22. The second-order valence-electron chi connectivity index (χ2n) is 4.36. The van der Waals surface area contributed by atoms with Crippen LogP contribution in [0.25, 0.3) is 0 Å². The molecule has 6 heteroatoms. The topological polar surface area (TPSA) is 103 Å². The van der Waals surface area contributed by atoms with Crippen molar-refractivity contribution in [3.63, 3.8) is 0 Å². The van der Waals surface area contributed by atoms with Crippen LogP contribution in [-0.2, 0) is 0 Å². The fourth-order valence-corrected chi connectivity index (χ4v) is 2.28. The van der Waals surface area contributed by atoms with Crippen molar-refractivity contribution < 1.29 is 0 Å². The van der Waals surface area contributed by atoms with Crippen LogP contribution >= 0.6 is 0 Å². The van der Waals surface area contributed by atoms with Crippen molar-refractivity contribution >= 4 is 5.96 Å². The summed E-state index contributed by atoms with van der Waals surface area (Å²) in [5.74, 6) is 0.653. The van der Waals surface area contributed by atoms with Crippen molar-refractivity contribution in [3.8, 4) is 6.07 Å². The molecule has 0 aromatic heterocycles. The standard InChI is InChI=1S/C10H16N6/c1-16-4-2-10(3-5-16)7(6-11)8(12)14-9(13)15-10/h2-5,12H2,1H3,(H3,13,14,15). The van der Waals surface area contributed by atoms with Gasteiger partial charge < -0.3 is 21.7 Å². The molecule has 1 saturated heterocycles. The van der Waals surface area contributed by atoms with Crippen LogP contribution in [0.2, 0.25) is 0 Å². The fraction of sp³-hybridized carbons (Fsp3) is 0.600. The molecule has 0 aliphatic carbocycles. The normalized spacial score (nSPS) is 24.9. The zero-order valence-electron chi connectivity index (χ0n) is 9.32. The molecule has 0 atom stereocenters. The zero-order chi connectivity index (χ0) is 11.8. The van der Waals surface area contributed by atoms with Crippen molar-refractivity contribution in [1.82, 2.24) is 10.2 Å². The first-order valence-electron chi connectivity index (χ1n) is 5.28. The Morgan fingerprint density at radius 1 is 1.44 bits per heavy atom. The molecule has 2 aliphatic heterocycles. The van der Waals surface area contributed by atoms with Crippen molar-refractivity contribution in [3.05, 3.63) is 11.4 Å². The van der Waals surface area contributed by atoms with Crippen LogP contribution < -0.4 is 16.8 Å². The summed E-state index contributed by atoms with van der Waals surface area (Å²) in [6, 6.07) is 2.16. The smallest absolute Gasteiger partial charge is 0.195 e. The Bertz CT molecular complexity index is 394. The number of nitrogens with two attached hydrogens (primary N) is 2. The van der Waals surface area contributed by atoms with Gasteiger partial charge >= 0.3 is 0 Å². The van der Waals surface area contributed by atoms with E-state index >= 15 is 0 Å². The third-order valence-corrected chi connectivity index (χ3v) is 3.26. The molecule has 0 unspecified atom stereocenters. The van der Waals surface area contributed by atoms with Gasteiger partial charge in [-0.25, -0.2) is 4.99 Å². The van der Waals surface area contributed by atoms with Crippen molar-refractivity contribution in [2.24, 2.45) is 16.5 Å². The molecule has 6 nitrogen and oxygen atoms in total. The highest BCUT2D eigenvalue weighted by molar-refractivity contribution is 5.82. The molecule has 0 bridgehead atoms. The third kappa shape index (κ3) is 1.59. The Balaban J connectivity index is 2.37. The Kier molecular flexibility index (Phi) is 2.48. The Morgan fingerprint density at radius 3 is 2.62 bits per heavy atom. The van der Waals surface area contributed by atoms with E-state index in [0.717, 1.165) is 25.9 Å². The van der Waals surface area contributed by atoms with E-state index in [1.807, 2.05) is 0 Å². The molecule has 0 aromatic carbocycles. The lowest BCUT2D eigenvalue weighted by Crippen LogP contribution is -2.51. The molecule has 0 amide bonds. The van der Waals surface area contributed by atoms with Gasteiger partial charge in [-0.05, 0) is 19.9 Å². The SMILES string of the molecule is CN1CCC2(CC1)N=C(N)NC(N)=C2C#N. The molecule has 2 heterocycles. The minimum absolute atomic E-state index is 0.307. The summed E-state index contributed by atoms with van der Waals surface area (Å²) in [4.78, 5) is 6.62. The summed E-state index contributed by atoms with van der Waals surface area (Å²) in [6.07, 6.45) is 1.57. The van der Waals surface area contributed by atoms with E-state index < -0.39 is 5.54 Å². The summed E-state index contributed by atoms with van der Waals surface area (Å²) in [7, 11) is 2.06. The first-order chi connectivity index (χ1) is 7.57. The van der Waals surface area contributed by atoms with Gasteiger partial charge in [0.05, 0.1) is 5.57 Å². The van der Waals surface area contributed by atoms with E-state index in [1.165, 1.54) is 0 Å². The quantitative estimate of drug-likeness (QED) is 0.489. The second kappa shape index (κ2) is 3.68. The average molecular weight is 220 g/mol. The van der Waals surface area contributed by atoms with Gasteiger partial charge in [0.1, 0.15) is 17.4 Å². The van der Waals surface area contributed by atoms with Gasteiger partial charge in [-0.15, -0.1) is 0 Å². The lowest BCUT2D eigenvalue weighted by Gasteiger charge is -2.39. The summed E-state index contributed by atoms with van der Waals surface area (Å²) in [6.45, 7) is 1.80. The predicted octanol–water partition coefficient (Wildman–Crippen LogP) is -0.937. The third-order valence-electron chi connectivity index (χ3n) is 3.26. The molecule has 2 aliphatic rings. The Morgan fingerprint density at radius 2 is 2.06 bits per heavy atom. The molecule has 86 valence electrons. The van der Waals surface area contributed by atoms with Gasteiger partial charge in [0.15, 0.2) is 5.96 Å². The molecule has 1 spiro atoms. The van der Waals surface area contributed by atoms with Gasteiger partial charge in [0, 0.05) is 13.1 Å². The van der Waals surface area contributed by atoms with Crippen LogP contribution in [0.5, 0.6) is 0 Å². The molecule has 5 N–H and O–H groups in total. The number of hydrogen-bond donors (Lipinski definition) is 3. The number of hydrogen-bond acceptors (Lipinski definition) is 6. The van der Waals surface area contributed by atoms with E-state index in [2.05, 4.69) is 28.3 Å². The van der Waals surface area contributed by atoms with Crippen molar-refractivity contribution in [1.29, 1.82) is 5.26 Å². The number of nitriles is 1. The first kappa shape index (κ1) is 10.8. The monoisotopic (exact) mass is 220 g/mol. The molecule has 16 heavy (non-hydrogen) atoms. The summed E-state index contributed by atoms with van der Waals surface area (Å²) >= 11 is 0. The number of nitrogens with one attached hydrogen (secondary N) is 1. The number of piperidine rings is 1. The van der Waals surface area contributed by atoms with E-state index in [4.69, 9.17) is 11.5 Å². The lowest BCUT2D eigenvalue weighted by molar-refractivity contribution is 0.214. The molecule has 1 fully saturated rings. The number of rotatable bonds is 0. The molecule has 0 aromatic rings. The van der Waals surface area contributed by atoms with Crippen molar-refractivity contribution in [2.75, 3.05) is 20.1 Å². The molecular formula is C10H16N6. The van der Waals surface area contributed by atoms with Gasteiger partial charge in [-0.3, -0.25) is 0 Å². The fourth-order valence-electron chi connectivity index (χ4n) is 2.28. The maximum atomic E-state index is 9.18. The van der Waals surface area contributed by atoms with Crippen LogP contribution in [0.15, 0.2) is 16.4 Å². The molecule has 0 radical (unpaired) electrons. The van der Waals surface area contributed by atoms with Crippen LogP contribution in [0.1, 0.15) is 12.8 Å². The minimum Gasteiger partial charge on any atom is -0.384 e. The maximum absolute atomic E-state index is 9.18. The highest BCUT2D eigenvalue weighted by Gasteiger charge is 2.41. The van der Waals surface area contributed by atoms with E-state index in [0.29, 0.717) is 17.4 Å². The van der Waals surface area contributed by atoms with Crippen LogP contribution in [-0.4, -0.2) is 36.5 Å². The van der Waals surface area contributed by atoms with E-state index in [1.54, 1.807) is 0 Å². The van der Waals surface area contributed by atoms with Gasteiger partial charge in [0.2, 0.25) is 0 Å². The summed E-state index contributed by atoms with van der Waals surface area (Å²) < 4.78 is 0. The van der Waals surface area contributed by atoms with Gasteiger partial charge in [-0.1, -0.05) is 0 Å². The largest absolute Gasteiger partial charge is 0.384 e.